The van der Waals surface area contributed by atoms with Gasteiger partial charge < -0.3 is 5.32 Å². The topological polar surface area (TPSA) is 24.4 Å². The van der Waals surface area contributed by atoms with E-state index in [2.05, 4.69) is 29.4 Å². The zero-order valence-corrected chi connectivity index (χ0v) is 9.16. The van der Waals surface area contributed by atoms with Gasteiger partial charge in [-0.1, -0.05) is 19.1 Å². The minimum absolute atomic E-state index is 0.718. The van der Waals surface area contributed by atoms with Gasteiger partial charge >= 0.3 is 0 Å². The van der Waals surface area contributed by atoms with E-state index in [1.807, 2.05) is 19.3 Å². The van der Waals surface area contributed by atoms with Crippen molar-refractivity contribution in [1.29, 1.82) is 0 Å². The Morgan fingerprint density at radius 2 is 2.43 bits per heavy atom. The molecule has 2 nitrogen and oxygen atoms in total. The lowest BCUT2D eigenvalue weighted by Crippen LogP contribution is -2.07. The highest BCUT2D eigenvalue weighted by atomic mass is 14.9. The standard InChI is InChI=1S/C12H20N2/c1-3-11(9-13-4-2)5-6-12-7-8-14-10-12/h4-6,9,12,14H,3,7-8,10H2,1-2H3/b6-5+,11-9+,13-4-/t12-/m0/s1. The van der Waals surface area contributed by atoms with Crippen LogP contribution in [0.15, 0.2) is 28.9 Å². The summed E-state index contributed by atoms with van der Waals surface area (Å²) in [4.78, 5) is 4.13. The van der Waals surface area contributed by atoms with Crippen molar-refractivity contribution >= 4 is 6.21 Å². The average Bonchev–Trinajstić information content (AvgIpc) is 2.71. The first-order valence-corrected chi connectivity index (χ1v) is 5.42. The second-order valence-electron chi connectivity index (χ2n) is 3.58. The third-order valence-corrected chi connectivity index (χ3v) is 2.48. The van der Waals surface area contributed by atoms with Gasteiger partial charge in [-0.15, -0.1) is 0 Å². The van der Waals surface area contributed by atoms with Crippen molar-refractivity contribution in [2.45, 2.75) is 26.7 Å². The Hall–Kier alpha value is -0.890. The first-order valence-electron chi connectivity index (χ1n) is 5.42. The minimum Gasteiger partial charge on any atom is -0.316 e. The van der Waals surface area contributed by atoms with Crippen molar-refractivity contribution in [1.82, 2.24) is 5.32 Å². The summed E-state index contributed by atoms with van der Waals surface area (Å²) in [5, 5.41) is 3.36. The monoisotopic (exact) mass is 192 g/mol. The van der Waals surface area contributed by atoms with Crippen LogP contribution in [0.25, 0.3) is 0 Å². The molecule has 14 heavy (non-hydrogen) atoms. The lowest BCUT2D eigenvalue weighted by atomic mass is 10.1. The van der Waals surface area contributed by atoms with Gasteiger partial charge in [0.15, 0.2) is 0 Å². The molecule has 1 saturated heterocycles. The Kier molecular flexibility index (Phi) is 5.23. The first kappa shape index (κ1) is 11.2. The number of aliphatic imine (C=N–C) groups is 1. The van der Waals surface area contributed by atoms with Crippen molar-refractivity contribution < 1.29 is 0 Å². The molecule has 0 bridgehead atoms. The Morgan fingerprint density at radius 1 is 1.57 bits per heavy atom. The third-order valence-electron chi connectivity index (χ3n) is 2.48. The number of allylic oxidation sites excluding steroid dienone is 2. The molecule has 0 aromatic carbocycles. The zero-order chi connectivity index (χ0) is 10.2. The molecule has 0 aliphatic carbocycles. The summed E-state index contributed by atoms with van der Waals surface area (Å²) in [7, 11) is 0. The van der Waals surface area contributed by atoms with E-state index in [1.54, 1.807) is 0 Å². The molecule has 0 aromatic heterocycles. The smallest absolute Gasteiger partial charge is 0.0295 e. The van der Waals surface area contributed by atoms with Gasteiger partial charge in [-0.25, -0.2) is 0 Å². The maximum atomic E-state index is 4.13. The molecule has 2 heteroatoms. The van der Waals surface area contributed by atoms with E-state index in [1.165, 1.54) is 12.0 Å². The lowest BCUT2D eigenvalue weighted by molar-refractivity contribution is 0.727. The van der Waals surface area contributed by atoms with E-state index >= 15 is 0 Å². The number of hydrogen-bond acceptors (Lipinski definition) is 2. The van der Waals surface area contributed by atoms with Crippen molar-refractivity contribution in [3.63, 3.8) is 0 Å². The second kappa shape index (κ2) is 6.55. The predicted octanol–water partition coefficient (Wildman–Crippen LogP) is 2.54. The van der Waals surface area contributed by atoms with Crippen LogP contribution >= 0.6 is 0 Å². The van der Waals surface area contributed by atoms with Crippen LogP contribution in [-0.4, -0.2) is 19.3 Å². The highest BCUT2D eigenvalue weighted by Crippen LogP contribution is 2.11. The fourth-order valence-corrected chi connectivity index (χ4v) is 1.52. The van der Waals surface area contributed by atoms with E-state index in [-0.39, 0.29) is 0 Å². The predicted molar refractivity (Wildman–Crippen MR) is 62.7 cm³/mol. The molecule has 0 unspecified atom stereocenters. The molecule has 0 spiro atoms. The molecule has 0 amide bonds. The van der Waals surface area contributed by atoms with E-state index < -0.39 is 0 Å². The van der Waals surface area contributed by atoms with Gasteiger partial charge in [0.25, 0.3) is 0 Å². The van der Waals surface area contributed by atoms with Crippen molar-refractivity contribution in [3.05, 3.63) is 23.9 Å². The quantitative estimate of drug-likeness (QED) is 0.537. The molecular weight excluding hydrogens is 172 g/mol. The fraction of sp³-hybridized carbons (Fsp3) is 0.583. The molecule has 78 valence electrons. The van der Waals surface area contributed by atoms with Gasteiger partial charge in [-0.2, -0.15) is 0 Å². The van der Waals surface area contributed by atoms with E-state index in [4.69, 9.17) is 0 Å². The Morgan fingerprint density at radius 3 is 3.00 bits per heavy atom. The Bertz CT molecular complexity index is 233. The van der Waals surface area contributed by atoms with E-state index in [0.29, 0.717) is 0 Å². The van der Waals surface area contributed by atoms with Crippen molar-refractivity contribution in [2.24, 2.45) is 10.9 Å². The molecule has 1 N–H and O–H groups in total. The average molecular weight is 192 g/mol. The highest BCUT2D eigenvalue weighted by molar-refractivity contribution is 5.54. The summed E-state index contributed by atoms with van der Waals surface area (Å²) in [6, 6.07) is 0. The highest BCUT2D eigenvalue weighted by Gasteiger charge is 2.09. The summed E-state index contributed by atoms with van der Waals surface area (Å²) in [6.45, 7) is 6.39. The van der Waals surface area contributed by atoms with Gasteiger partial charge in [-0.3, -0.25) is 4.99 Å². The summed E-state index contributed by atoms with van der Waals surface area (Å²) >= 11 is 0. The van der Waals surface area contributed by atoms with Crippen LogP contribution in [0, 0.1) is 5.92 Å². The summed E-state index contributed by atoms with van der Waals surface area (Å²) < 4.78 is 0. The molecule has 0 saturated carbocycles. The molecule has 1 aliphatic heterocycles. The number of nitrogens with one attached hydrogen (secondary N) is 1. The number of nitrogens with zero attached hydrogens (tertiary/aromatic N) is 1. The lowest BCUT2D eigenvalue weighted by Gasteiger charge is -2.00. The van der Waals surface area contributed by atoms with Crippen LogP contribution in [0.1, 0.15) is 26.7 Å². The van der Waals surface area contributed by atoms with Crippen LogP contribution in [0.3, 0.4) is 0 Å². The molecule has 1 rings (SSSR count). The van der Waals surface area contributed by atoms with Crippen LogP contribution in [0.4, 0.5) is 0 Å². The first-order chi connectivity index (χ1) is 6.86. The molecular formula is C12H20N2. The second-order valence-corrected chi connectivity index (χ2v) is 3.58. The SMILES string of the molecule is C\C=N/C=C(/C=C/[C@H]1CCNC1)CC. The minimum atomic E-state index is 0.718. The third kappa shape index (κ3) is 3.88. The van der Waals surface area contributed by atoms with E-state index in [0.717, 1.165) is 25.4 Å². The van der Waals surface area contributed by atoms with Crippen LogP contribution in [0.5, 0.6) is 0 Å². The van der Waals surface area contributed by atoms with Crippen molar-refractivity contribution in [3.8, 4) is 0 Å². The molecule has 1 fully saturated rings. The molecule has 0 aromatic rings. The van der Waals surface area contributed by atoms with Gasteiger partial charge in [0.1, 0.15) is 0 Å². The summed E-state index contributed by atoms with van der Waals surface area (Å²) in [5.41, 5.74) is 1.30. The zero-order valence-electron chi connectivity index (χ0n) is 9.16. The molecule has 1 atom stereocenters. The summed E-state index contributed by atoms with van der Waals surface area (Å²) in [5.74, 6) is 0.718. The van der Waals surface area contributed by atoms with Gasteiger partial charge in [0.05, 0.1) is 0 Å². The molecule has 1 heterocycles. The number of rotatable bonds is 4. The maximum Gasteiger partial charge on any atom is 0.0295 e. The van der Waals surface area contributed by atoms with Gasteiger partial charge in [0, 0.05) is 19.0 Å². The number of hydrogen-bond donors (Lipinski definition) is 1. The summed E-state index contributed by atoms with van der Waals surface area (Å²) in [6.07, 6.45) is 10.6. The Balaban J connectivity index is 2.45. The normalized spacial score (nSPS) is 24.1. The molecule has 0 radical (unpaired) electrons. The largest absolute Gasteiger partial charge is 0.316 e. The van der Waals surface area contributed by atoms with Crippen LogP contribution in [0.2, 0.25) is 0 Å². The van der Waals surface area contributed by atoms with Crippen molar-refractivity contribution in [2.75, 3.05) is 13.1 Å². The van der Waals surface area contributed by atoms with E-state index in [9.17, 15) is 0 Å². The fourth-order valence-electron chi connectivity index (χ4n) is 1.52. The molecule has 1 aliphatic rings. The van der Waals surface area contributed by atoms with Crippen LogP contribution in [-0.2, 0) is 0 Å². The van der Waals surface area contributed by atoms with Crippen LogP contribution < -0.4 is 5.32 Å². The Labute approximate surface area is 86.8 Å². The van der Waals surface area contributed by atoms with Gasteiger partial charge in [-0.05, 0) is 37.8 Å². The maximum absolute atomic E-state index is 4.13. The van der Waals surface area contributed by atoms with Gasteiger partial charge in [0.2, 0.25) is 0 Å².